The van der Waals surface area contributed by atoms with Crippen LogP contribution in [0.3, 0.4) is 0 Å². The van der Waals surface area contributed by atoms with Crippen LogP contribution in [0.25, 0.3) is 22.1 Å². The fourth-order valence-electron chi connectivity index (χ4n) is 4.86. The first-order valence-corrected chi connectivity index (χ1v) is 10.8. The van der Waals surface area contributed by atoms with Gasteiger partial charge in [0.15, 0.2) is 5.82 Å². The molecular weight excluding hydrogens is 394 g/mol. The molecule has 0 atom stereocenters. The summed E-state index contributed by atoms with van der Waals surface area (Å²) in [4.78, 5) is 25.0. The zero-order valence-corrected chi connectivity index (χ0v) is 17.7. The van der Waals surface area contributed by atoms with Crippen LogP contribution in [0.15, 0.2) is 27.8 Å². The summed E-state index contributed by atoms with van der Waals surface area (Å²) in [5.74, 6) is 1.48. The molecule has 0 bridgehead atoms. The maximum atomic E-state index is 12.4. The molecule has 9 heteroatoms. The highest BCUT2D eigenvalue weighted by Crippen LogP contribution is 2.38. The van der Waals surface area contributed by atoms with Crippen LogP contribution in [-0.4, -0.2) is 29.2 Å². The third kappa shape index (κ3) is 3.32. The zero-order chi connectivity index (χ0) is 21.5. The van der Waals surface area contributed by atoms with Crippen molar-refractivity contribution in [2.24, 2.45) is 5.92 Å². The van der Waals surface area contributed by atoms with E-state index in [1.807, 2.05) is 26.1 Å². The number of fused-ring (bicyclic) bond motifs is 3. The molecule has 160 valence electrons. The number of aromatic nitrogens is 6. The average molecular weight is 419 g/mol. The zero-order valence-electron chi connectivity index (χ0n) is 17.7. The lowest BCUT2D eigenvalue weighted by atomic mass is 9.84. The number of hydrogen-bond donors (Lipinski definition) is 1. The average Bonchev–Trinajstić information content (AvgIpc) is 3.46. The lowest BCUT2D eigenvalue weighted by molar-refractivity contribution is 0.276. The number of aromatic amines is 1. The molecule has 31 heavy (non-hydrogen) atoms. The van der Waals surface area contributed by atoms with Gasteiger partial charge in [-0.25, -0.2) is 14.8 Å². The summed E-state index contributed by atoms with van der Waals surface area (Å²) in [5, 5.41) is 14.1. The second-order valence-corrected chi connectivity index (χ2v) is 8.71. The molecule has 0 amide bonds. The van der Waals surface area contributed by atoms with Crippen LogP contribution in [0.1, 0.15) is 69.6 Å². The van der Waals surface area contributed by atoms with Gasteiger partial charge >= 0.3 is 5.76 Å². The molecule has 4 aromatic rings. The highest BCUT2D eigenvalue weighted by atomic mass is 16.5. The Labute approximate surface area is 178 Å². The van der Waals surface area contributed by atoms with Gasteiger partial charge in [0.05, 0.1) is 24.3 Å². The largest absolute Gasteiger partial charge is 0.442 e. The molecule has 0 spiro atoms. The monoisotopic (exact) mass is 419 g/mol. The van der Waals surface area contributed by atoms with Gasteiger partial charge in [-0.3, -0.25) is 9.09 Å². The standard InChI is InChI=1S/C22H25N7O2/c1-13(2)21-27-31-22(30)28(21)12-18-26-17-11-25-20-16(8-10-24-20)19(17)29(18)15-5-3-14(4-6-15)7-9-23/h8,10-11,13-15H,3-7,12H2,1-2H3,(H,24,25). The molecule has 0 aliphatic heterocycles. The van der Waals surface area contributed by atoms with Crippen molar-refractivity contribution in [2.75, 3.05) is 0 Å². The molecule has 4 heterocycles. The maximum Gasteiger partial charge on any atom is 0.442 e. The number of nitriles is 1. The minimum atomic E-state index is -0.468. The Balaban J connectivity index is 1.63. The van der Waals surface area contributed by atoms with Crippen molar-refractivity contribution in [2.45, 2.75) is 64.5 Å². The second-order valence-electron chi connectivity index (χ2n) is 8.71. The van der Waals surface area contributed by atoms with Crippen molar-refractivity contribution >= 4 is 22.1 Å². The topological polar surface area (TPSA) is 118 Å². The molecule has 5 rings (SSSR count). The molecule has 1 saturated carbocycles. The minimum Gasteiger partial charge on any atom is -0.346 e. The Morgan fingerprint density at radius 3 is 2.87 bits per heavy atom. The molecule has 1 N–H and O–H groups in total. The van der Waals surface area contributed by atoms with E-state index in [1.165, 1.54) is 0 Å². The smallest absolute Gasteiger partial charge is 0.346 e. The van der Waals surface area contributed by atoms with Gasteiger partial charge in [-0.2, -0.15) is 5.26 Å². The van der Waals surface area contributed by atoms with Crippen molar-refractivity contribution in [3.63, 3.8) is 0 Å². The van der Waals surface area contributed by atoms with Crippen molar-refractivity contribution in [1.82, 2.24) is 29.2 Å². The number of nitrogens with zero attached hydrogens (tertiary/aromatic N) is 6. The van der Waals surface area contributed by atoms with E-state index in [4.69, 9.17) is 14.8 Å². The molecule has 9 nitrogen and oxygen atoms in total. The van der Waals surface area contributed by atoms with Crippen molar-refractivity contribution in [3.05, 3.63) is 40.7 Å². The van der Waals surface area contributed by atoms with Crippen LogP contribution in [0.4, 0.5) is 0 Å². The summed E-state index contributed by atoms with van der Waals surface area (Å²) in [5.41, 5.74) is 2.68. The first kappa shape index (κ1) is 19.5. The molecule has 4 aromatic heterocycles. The number of pyridine rings is 1. The Kier molecular flexibility index (Phi) is 4.85. The van der Waals surface area contributed by atoms with E-state index in [0.717, 1.165) is 53.6 Å². The van der Waals surface area contributed by atoms with Gasteiger partial charge in [-0.15, -0.1) is 0 Å². The highest BCUT2D eigenvalue weighted by Gasteiger charge is 2.28. The first-order valence-electron chi connectivity index (χ1n) is 10.8. The normalized spacial score (nSPS) is 19.4. The van der Waals surface area contributed by atoms with Crippen molar-refractivity contribution in [3.8, 4) is 6.07 Å². The fourth-order valence-corrected chi connectivity index (χ4v) is 4.86. The van der Waals surface area contributed by atoms with E-state index in [0.29, 0.717) is 24.7 Å². The molecule has 0 saturated heterocycles. The molecule has 0 radical (unpaired) electrons. The molecule has 1 aliphatic carbocycles. The van der Waals surface area contributed by atoms with E-state index < -0.39 is 5.76 Å². The van der Waals surface area contributed by atoms with Crippen LogP contribution in [-0.2, 0) is 6.54 Å². The van der Waals surface area contributed by atoms with Crippen LogP contribution in [0, 0.1) is 17.2 Å². The Hall–Kier alpha value is -3.41. The van der Waals surface area contributed by atoms with Gasteiger partial charge in [0.1, 0.15) is 17.0 Å². The minimum absolute atomic E-state index is 0.0590. The number of rotatable bonds is 5. The van der Waals surface area contributed by atoms with Gasteiger partial charge in [0.25, 0.3) is 0 Å². The van der Waals surface area contributed by atoms with E-state index in [2.05, 4.69) is 25.8 Å². The van der Waals surface area contributed by atoms with Gasteiger partial charge in [0, 0.05) is 30.0 Å². The fraction of sp³-hybridized carbons (Fsp3) is 0.500. The number of hydrogen-bond acceptors (Lipinski definition) is 6. The third-order valence-corrected chi connectivity index (χ3v) is 6.40. The molecule has 0 unspecified atom stereocenters. The van der Waals surface area contributed by atoms with Crippen molar-refractivity contribution < 1.29 is 4.52 Å². The lowest BCUT2D eigenvalue weighted by Crippen LogP contribution is -2.24. The predicted octanol–water partition coefficient (Wildman–Crippen LogP) is 3.88. The Bertz CT molecular complexity index is 1330. The summed E-state index contributed by atoms with van der Waals surface area (Å²) >= 11 is 0. The maximum absolute atomic E-state index is 12.4. The van der Waals surface area contributed by atoms with Gasteiger partial charge in [-0.1, -0.05) is 19.0 Å². The second kappa shape index (κ2) is 7.69. The predicted molar refractivity (Wildman–Crippen MR) is 115 cm³/mol. The van der Waals surface area contributed by atoms with E-state index in [1.54, 1.807) is 10.8 Å². The van der Waals surface area contributed by atoms with E-state index in [9.17, 15) is 4.79 Å². The van der Waals surface area contributed by atoms with Gasteiger partial charge in [-0.05, 0) is 37.7 Å². The summed E-state index contributed by atoms with van der Waals surface area (Å²) in [7, 11) is 0. The molecule has 1 aliphatic rings. The first-order chi connectivity index (χ1) is 15.1. The quantitative estimate of drug-likeness (QED) is 0.524. The Morgan fingerprint density at radius 1 is 1.32 bits per heavy atom. The number of nitrogens with one attached hydrogen (secondary N) is 1. The van der Waals surface area contributed by atoms with Gasteiger partial charge in [0.2, 0.25) is 0 Å². The molecular formula is C22H25N7O2. The summed E-state index contributed by atoms with van der Waals surface area (Å²) in [6, 6.07) is 4.60. The Morgan fingerprint density at radius 2 is 2.13 bits per heavy atom. The SMILES string of the molecule is CC(C)c1noc(=O)n1Cc1nc2cnc3[nH]ccc3c2n1C1CCC(CC#N)CC1. The lowest BCUT2D eigenvalue weighted by Gasteiger charge is -2.30. The molecule has 0 aromatic carbocycles. The van der Waals surface area contributed by atoms with E-state index >= 15 is 0 Å². The van der Waals surface area contributed by atoms with Crippen LogP contribution in [0.5, 0.6) is 0 Å². The summed E-state index contributed by atoms with van der Waals surface area (Å²) < 4.78 is 8.83. The van der Waals surface area contributed by atoms with Crippen LogP contribution in [0.2, 0.25) is 0 Å². The van der Waals surface area contributed by atoms with Gasteiger partial charge < -0.3 is 9.55 Å². The number of imidazole rings is 1. The molecule has 1 fully saturated rings. The highest BCUT2D eigenvalue weighted by molar-refractivity contribution is 6.01. The van der Waals surface area contributed by atoms with Crippen LogP contribution < -0.4 is 5.76 Å². The summed E-state index contributed by atoms with van der Waals surface area (Å²) in [6.07, 6.45) is 8.29. The van der Waals surface area contributed by atoms with Crippen molar-refractivity contribution in [1.29, 1.82) is 5.26 Å². The third-order valence-electron chi connectivity index (χ3n) is 6.40. The summed E-state index contributed by atoms with van der Waals surface area (Å²) in [6.45, 7) is 4.27. The number of H-pyrrole nitrogens is 1. The van der Waals surface area contributed by atoms with E-state index in [-0.39, 0.29) is 12.0 Å². The van der Waals surface area contributed by atoms with Crippen LogP contribution >= 0.6 is 0 Å².